The normalized spacial score (nSPS) is 11.0. The zero-order chi connectivity index (χ0) is 23.9. The van der Waals surface area contributed by atoms with Crippen LogP contribution in [0.3, 0.4) is 0 Å². The van der Waals surface area contributed by atoms with Crippen molar-refractivity contribution in [3.05, 3.63) is 0 Å². The first-order valence-electron chi connectivity index (χ1n) is 14.2. The molecule has 0 N–H and O–H groups in total. The summed E-state index contributed by atoms with van der Waals surface area (Å²) in [5.41, 5.74) is 0. The van der Waals surface area contributed by atoms with Gasteiger partial charge in [-0.3, -0.25) is 9.59 Å². The molecule has 0 aromatic carbocycles. The average Bonchev–Trinajstić information content (AvgIpc) is 2.80. The summed E-state index contributed by atoms with van der Waals surface area (Å²) < 4.78 is 0. The number of hydrogen-bond acceptors (Lipinski definition) is 2. The third-order valence-electron chi connectivity index (χ3n) is 6.38. The largest absolute Gasteiger partial charge is 0.343 e. The fourth-order valence-electron chi connectivity index (χ4n) is 4.17. The van der Waals surface area contributed by atoms with Crippen molar-refractivity contribution in [2.75, 3.05) is 26.2 Å². The molecule has 4 heteroatoms. The summed E-state index contributed by atoms with van der Waals surface area (Å²) >= 11 is 0. The molecule has 0 aliphatic rings. The molecule has 0 fully saturated rings. The van der Waals surface area contributed by atoms with Crippen molar-refractivity contribution in [2.24, 2.45) is 0 Å². The maximum Gasteiger partial charge on any atom is 0.223 e. The Morgan fingerprint density at radius 3 is 0.875 bits per heavy atom. The molecule has 32 heavy (non-hydrogen) atoms. The first-order valence-corrected chi connectivity index (χ1v) is 14.2. The number of amides is 2. The van der Waals surface area contributed by atoms with Crippen LogP contribution in [0.2, 0.25) is 0 Å². The lowest BCUT2D eigenvalue weighted by molar-refractivity contribution is -0.137. The number of carbonyl (C=O) groups excluding carboxylic acids is 2. The summed E-state index contributed by atoms with van der Waals surface area (Å²) in [6.45, 7) is 12.3. The van der Waals surface area contributed by atoms with E-state index in [1.807, 2.05) is 9.80 Å². The zero-order valence-electron chi connectivity index (χ0n) is 22.3. The van der Waals surface area contributed by atoms with Gasteiger partial charge in [0, 0.05) is 39.0 Å². The van der Waals surface area contributed by atoms with Crippen LogP contribution in [0.25, 0.3) is 0 Å². The van der Waals surface area contributed by atoms with E-state index in [0.29, 0.717) is 12.8 Å². The van der Waals surface area contributed by atoms with Crippen molar-refractivity contribution >= 4 is 11.8 Å². The van der Waals surface area contributed by atoms with Gasteiger partial charge in [-0.05, 0) is 25.7 Å². The Bertz CT molecular complexity index is 375. The van der Waals surface area contributed by atoms with Crippen molar-refractivity contribution in [1.29, 1.82) is 0 Å². The van der Waals surface area contributed by atoms with Gasteiger partial charge in [0.2, 0.25) is 11.8 Å². The lowest BCUT2D eigenvalue weighted by atomic mass is 10.1. The minimum Gasteiger partial charge on any atom is -0.343 e. The van der Waals surface area contributed by atoms with Crippen LogP contribution in [0.4, 0.5) is 0 Å². The highest BCUT2D eigenvalue weighted by Gasteiger charge is 2.18. The number of carbonyl (C=O) groups is 2. The van der Waals surface area contributed by atoms with Crippen LogP contribution < -0.4 is 0 Å². The number of hydrogen-bond donors (Lipinski definition) is 0. The molecule has 190 valence electrons. The lowest BCUT2D eigenvalue weighted by Crippen LogP contribution is -2.36. The summed E-state index contributed by atoms with van der Waals surface area (Å²) in [5, 5.41) is 0. The molecule has 0 unspecified atom stereocenters. The third kappa shape index (κ3) is 17.5. The quantitative estimate of drug-likeness (QED) is 0.149. The van der Waals surface area contributed by atoms with Gasteiger partial charge in [-0.2, -0.15) is 0 Å². The molecular weight excluding hydrogens is 396 g/mol. The first-order chi connectivity index (χ1) is 15.6. The maximum atomic E-state index is 13.0. The van der Waals surface area contributed by atoms with E-state index in [0.717, 1.165) is 51.9 Å². The highest BCUT2D eigenvalue weighted by Crippen LogP contribution is 2.11. The van der Waals surface area contributed by atoms with E-state index in [9.17, 15) is 9.59 Å². The summed E-state index contributed by atoms with van der Waals surface area (Å²) in [7, 11) is 0. The minimum absolute atomic E-state index is 0.184. The van der Waals surface area contributed by atoms with E-state index in [1.54, 1.807) is 0 Å². The van der Waals surface area contributed by atoms with Crippen LogP contribution >= 0.6 is 0 Å². The standard InChI is InChI=1S/C28H56N2O2/c1-5-9-13-17-23-29(24-18-14-10-6-2)27(31)21-22-28(32)30(25-19-15-11-7-3)26-20-16-12-8-4/h5-26H2,1-4H3. The van der Waals surface area contributed by atoms with Crippen LogP contribution in [-0.2, 0) is 9.59 Å². The molecule has 0 aliphatic carbocycles. The fraction of sp³-hybridized carbons (Fsp3) is 0.929. The van der Waals surface area contributed by atoms with Crippen molar-refractivity contribution in [3.63, 3.8) is 0 Å². The van der Waals surface area contributed by atoms with Gasteiger partial charge in [-0.15, -0.1) is 0 Å². The molecule has 0 aromatic heterocycles. The Balaban J connectivity index is 4.64. The topological polar surface area (TPSA) is 40.6 Å². The van der Waals surface area contributed by atoms with Crippen LogP contribution in [0.5, 0.6) is 0 Å². The van der Waals surface area contributed by atoms with Crippen LogP contribution in [0.1, 0.15) is 143 Å². The fourth-order valence-corrected chi connectivity index (χ4v) is 4.17. The molecule has 0 aromatic rings. The van der Waals surface area contributed by atoms with Gasteiger partial charge in [0.05, 0.1) is 0 Å². The van der Waals surface area contributed by atoms with Gasteiger partial charge in [-0.1, -0.05) is 105 Å². The number of unbranched alkanes of at least 4 members (excludes halogenated alkanes) is 12. The number of nitrogens with zero attached hydrogens (tertiary/aromatic N) is 2. The van der Waals surface area contributed by atoms with E-state index < -0.39 is 0 Å². The molecule has 0 atom stereocenters. The van der Waals surface area contributed by atoms with E-state index in [2.05, 4.69) is 27.7 Å². The van der Waals surface area contributed by atoms with E-state index >= 15 is 0 Å². The predicted molar refractivity (Wildman–Crippen MR) is 139 cm³/mol. The Morgan fingerprint density at radius 1 is 0.406 bits per heavy atom. The second kappa shape index (κ2) is 23.1. The van der Waals surface area contributed by atoms with E-state index in [4.69, 9.17) is 0 Å². The van der Waals surface area contributed by atoms with Gasteiger partial charge in [0.25, 0.3) is 0 Å². The summed E-state index contributed by atoms with van der Waals surface area (Å²) in [6, 6.07) is 0. The van der Waals surface area contributed by atoms with Crippen LogP contribution in [0.15, 0.2) is 0 Å². The molecule has 0 bridgehead atoms. The molecular formula is C28H56N2O2. The van der Waals surface area contributed by atoms with E-state index in [-0.39, 0.29) is 11.8 Å². The molecule has 0 rings (SSSR count). The Hall–Kier alpha value is -1.06. The van der Waals surface area contributed by atoms with Crippen molar-refractivity contribution in [3.8, 4) is 0 Å². The second-order valence-corrected chi connectivity index (χ2v) is 9.50. The Morgan fingerprint density at radius 2 is 0.656 bits per heavy atom. The maximum absolute atomic E-state index is 13.0. The molecule has 2 amide bonds. The molecule has 0 saturated carbocycles. The van der Waals surface area contributed by atoms with Gasteiger partial charge in [-0.25, -0.2) is 0 Å². The summed E-state index contributed by atoms with van der Waals surface area (Å²) in [6.07, 6.45) is 19.7. The summed E-state index contributed by atoms with van der Waals surface area (Å²) in [5.74, 6) is 0.367. The van der Waals surface area contributed by atoms with Crippen molar-refractivity contribution in [2.45, 2.75) is 143 Å². The smallest absolute Gasteiger partial charge is 0.223 e. The zero-order valence-corrected chi connectivity index (χ0v) is 22.3. The predicted octanol–water partition coefficient (Wildman–Crippen LogP) is 7.75. The van der Waals surface area contributed by atoms with Gasteiger partial charge < -0.3 is 9.80 Å². The SMILES string of the molecule is CCCCCCN(CCCCCC)C(=O)CCC(=O)N(CCCCCC)CCCCCC. The van der Waals surface area contributed by atoms with Gasteiger partial charge in [0.15, 0.2) is 0 Å². The molecule has 0 heterocycles. The van der Waals surface area contributed by atoms with E-state index in [1.165, 1.54) is 77.0 Å². The molecule has 0 aliphatic heterocycles. The Labute approximate surface area is 200 Å². The molecule has 4 nitrogen and oxygen atoms in total. The van der Waals surface area contributed by atoms with Crippen LogP contribution in [0, 0.1) is 0 Å². The molecule has 0 saturated heterocycles. The van der Waals surface area contributed by atoms with Crippen LogP contribution in [-0.4, -0.2) is 47.8 Å². The van der Waals surface area contributed by atoms with Crippen molar-refractivity contribution in [1.82, 2.24) is 9.80 Å². The highest BCUT2D eigenvalue weighted by atomic mass is 16.2. The lowest BCUT2D eigenvalue weighted by Gasteiger charge is -2.25. The van der Waals surface area contributed by atoms with Gasteiger partial charge >= 0.3 is 0 Å². The minimum atomic E-state index is 0.184. The monoisotopic (exact) mass is 452 g/mol. The Kier molecular flexibility index (Phi) is 22.3. The molecule has 0 radical (unpaired) electrons. The third-order valence-corrected chi connectivity index (χ3v) is 6.38. The summed E-state index contributed by atoms with van der Waals surface area (Å²) in [4.78, 5) is 30.0. The average molecular weight is 453 g/mol. The second-order valence-electron chi connectivity index (χ2n) is 9.50. The van der Waals surface area contributed by atoms with Gasteiger partial charge in [0.1, 0.15) is 0 Å². The number of rotatable bonds is 23. The molecule has 0 spiro atoms. The first kappa shape index (κ1) is 30.9. The van der Waals surface area contributed by atoms with Crippen molar-refractivity contribution < 1.29 is 9.59 Å². The highest BCUT2D eigenvalue weighted by molar-refractivity contribution is 5.83.